The molecule has 10 heteroatoms. The quantitative estimate of drug-likeness (QED) is 0.540. The van der Waals surface area contributed by atoms with E-state index >= 15 is 0 Å². The van der Waals surface area contributed by atoms with Gasteiger partial charge in [0.15, 0.2) is 0 Å². The molecule has 3 amide bonds. The van der Waals surface area contributed by atoms with Crippen molar-refractivity contribution in [2.24, 2.45) is 5.73 Å². The van der Waals surface area contributed by atoms with Gasteiger partial charge >= 0.3 is 6.03 Å². The zero-order valence-corrected chi connectivity index (χ0v) is 16.4. The number of carbonyl (C=O) groups excluding carboxylic acids is 2. The van der Waals surface area contributed by atoms with E-state index in [1.165, 1.54) is 6.07 Å². The minimum Gasteiger partial charge on any atom is -0.471 e. The van der Waals surface area contributed by atoms with Crippen LogP contribution in [0.15, 0.2) is 22.7 Å². The van der Waals surface area contributed by atoms with E-state index in [0.29, 0.717) is 16.6 Å². The van der Waals surface area contributed by atoms with Crippen molar-refractivity contribution in [2.75, 3.05) is 11.9 Å². The van der Waals surface area contributed by atoms with Crippen LogP contribution in [0.3, 0.4) is 0 Å². The van der Waals surface area contributed by atoms with E-state index in [4.69, 9.17) is 10.5 Å². The van der Waals surface area contributed by atoms with Crippen molar-refractivity contribution in [3.05, 3.63) is 39.6 Å². The van der Waals surface area contributed by atoms with Gasteiger partial charge < -0.3 is 15.8 Å². The van der Waals surface area contributed by atoms with E-state index in [-0.39, 0.29) is 23.1 Å². The van der Waals surface area contributed by atoms with Gasteiger partial charge in [-0.15, -0.1) is 0 Å². The minimum absolute atomic E-state index is 0.0434. The third-order valence-corrected chi connectivity index (χ3v) is 4.57. The van der Waals surface area contributed by atoms with E-state index in [0.717, 1.165) is 24.4 Å². The molecule has 140 valence electrons. The summed E-state index contributed by atoms with van der Waals surface area (Å²) in [6.45, 7) is 2.39. The molecule has 0 fully saturated rings. The van der Waals surface area contributed by atoms with Gasteiger partial charge in [0.25, 0.3) is 5.91 Å². The smallest absolute Gasteiger partial charge is 0.319 e. The highest BCUT2D eigenvalue weighted by molar-refractivity contribution is 9.10. The average molecular weight is 445 g/mol. The molecule has 0 saturated carbocycles. The maximum absolute atomic E-state index is 13.9. The number of unbranched alkanes of at least 4 members (excludes halogenated alkanes) is 1. The van der Waals surface area contributed by atoms with Crippen LogP contribution >= 0.6 is 27.5 Å². The summed E-state index contributed by atoms with van der Waals surface area (Å²) in [4.78, 5) is 23.6. The van der Waals surface area contributed by atoms with Crippen LogP contribution in [0.25, 0.3) is 0 Å². The average Bonchev–Trinajstić information content (AvgIpc) is 2.97. The SMILES string of the molecule is CCCCNC(=O)Nc1snc(OCc2ccc(Br)cc2F)c1C(N)=O. The second kappa shape index (κ2) is 9.48. The molecule has 26 heavy (non-hydrogen) atoms. The van der Waals surface area contributed by atoms with Crippen molar-refractivity contribution in [3.63, 3.8) is 0 Å². The number of urea groups is 1. The number of anilines is 1. The fourth-order valence-electron chi connectivity index (χ4n) is 1.99. The maximum Gasteiger partial charge on any atom is 0.319 e. The Balaban J connectivity index is 2.08. The molecule has 0 atom stereocenters. The normalized spacial score (nSPS) is 10.4. The number of nitrogens with two attached hydrogens (primary N) is 1. The van der Waals surface area contributed by atoms with E-state index in [1.807, 2.05) is 6.92 Å². The number of ether oxygens (including phenoxy) is 1. The van der Waals surface area contributed by atoms with E-state index in [9.17, 15) is 14.0 Å². The molecular formula is C16H18BrFN4O3S. The summed E-state index contributed by atoms with van der Waals surface area (Å²) >= 11 is 4.04. The lowest BCUT2D eigenvalue weighted by molar-refractivity contribution is 0.0996. The number of halogens is 2. The molecule has 0 unspecified atom stereocenters. The van der Waals surface area contributed by atoms with Crippen LogP contribution in [0.5, 0.6) is 5.88 Å². The number of primary amides is 1. The zero-order chi connectivity index (χ0) is 19.1. The Labute approximate surface area is 162 Å². The Morgan fingerprint density at radius 1 is 1.42 bits per heavy atom. The number of benzene rings is 1. The summed E-state index contributed by atoms with van der Waals surface area (Å²) < 4.78 is 23.9. The van der Waals surface area contributed by atoms with E-state index in [1.54, 1.807) is 12.1 Å². The van der Waals surface area contributed by atoms with Crippen molar-refractivity contribution in [1.29, 1.82) is 0 Å². The zero-order valence-electron chi connectivity index (χ0n) is 14.0. The molecule has 4 N–H and O–H groups in total. The first kappa shape index (κ1) is 20.1. The second-order valence-electron chi connectivity index (χ2n) is 5.31. The van der Waals surface area contributed by atoms with Crippen LogP contribution in [0.4, 0.5) is 14.2 Å². The fraction of sp³-hybridized carbons (Fsp3) is 0.312. The number of carbonyl (C=O) groups is 2. The topological polar surface area (TPSA) is 106 Å². The van der Waals surface area contributed by atoms with Gasteiger partial charge in [0.05, 0.1) is 0 Å². The number of nitrogens with one attached hydrogen (secondary N) is 2. The lowest BCUT2D eigenvalue weighted by Gasteiger charge is -2.08. The first-order valence-electron chi connectivity index (χ1n) is 7.83. The monoisotopic (exact) mass is 444 g/mol. The van der Waals surface area contributed by atoms with Gasteiger partial charge in [0.1, 0.15) is 23.0 Å². The number of hydrogen-bond donors (Lipinski definition) is 3. The molecule has 1 aromatic heterocycles. The molecule has 0 aliphatic rings. The number of hydrogen-bond acceptors (Lipinski definition) is 5. The third kappa shape index (κ3) is 5.40. The summed E-state index contributed by atoms with van der Waals surface area (Å²) in [7, 11) is 0. The molecule has 2 aromatic rings. The lowest BCUT2D eigenvalue weighted by atomic mass is 10.2. The number of amides is 3. The van der Waals surface area contributed by atoms with E-state index in [2.05, 4.69) is 30.9 Å². The molecule has 0 aliphatic carbocycles. The van der Waals surface area contributed by atoms with Crippen molar-refractivity contribution in [3.8, 4) is 5.88 Å². The summed E-state index contributed by atoms with van der Waals surface area (Å²) in [5.74, 6) is -1.30. The maximum atomic E-state index is 13.9. The highest BCUT2D eigenvalue weighted by Gasteiger charge is 2.22. The van der Waals surface area contributed by atoms with Crippen LogP contribution in [-0.2, 0) is 6.61 Å². The van der Waals surface area contributed by atoms with Gasteiger partial charge in [-0.1, -0.05) is 35.3 Å². The van der Waals surface area contributed by atoms with Crippen LogP contribution in [0, 0.1) is 5.82 Å². The van der Waals surface area contributed by atoms with Gasteiger partial charge in [-0.3, -0.25) is 10.1 Å². The Morgan fingerprint density at radius 2 is 2.19 bits per heavy atom. The van der Waals surface area contributed by atoms with Gasteiger partial charge in [-0.2, -0.15) is 4.37 Å². The summed E-state index contributed by atoms with van der Waals surface area (Å²) in [6.07, 6.45) is 1.78. The fourth-order valence-corrected chi connectivity index (χ4v) is 3.06. The first-order chi connectivity index (χ1) is 12.4. The second-order valence-corrected chi connectivity index (χ2v) is 7.00. The Bertz CT molecular complexity index is 800. The van der Waals surface area contributed by atoms with Gasteiger partial charge in [-0.25, -0.2) is 9.18 Å². The highest BCUT2D eigenvalue weighted by atomic mass is 79.9. The standard InChI is InChI=1S/C16H18BrFN4O3S/c1-2-3-6-20-16(24)21-15-12(13(19)23)14(22-26-15)25-8-9-4-5-10(17)7-11(9)18/h4-5,7H,2-3,6,8H2,1H3,(H2,19,23)(H2,20,21,24). The first-order valence-corrected chi connectivity index (χ1v) is 9.40. The molecule has 0 spiro atoms. The predicted molar refractivity (Wildman–Crippen MR) is 101 cm³/mol. The molecule has 1 heterocycles. The molecule has 2 rings (SSSR count). The van der Waals surface area contributed by atoms with Crippen LogP contribution < -0.4 is 21.1 Å². The molecule has 0 radical (unpaired) electrons. The Hall–Kier alpha value is -2.20. The Kier molecular flexibility index (Phi) is 7.34. The summed E-state index contributed by atoms with van der Waals surface area (Å²) in [5, 5.41) is 5.37. The predicted octanol–water partition coefficient (Wildman–Crippen LogP) is 3.64. The number of aromatic nitrogens is 1. The van der Waals surface area contributed by atoms with E-state index < -0.39 is 17.8 Å². The van der Waals surface area contributed by atoms with Crippen LogP contribution in [0.1, 0.15) is 35.7 Å². The molecule has 7 nitrogen and oxygen atoms in total. The summed E-state index contributed by atoms with van der Waals surface area (Å²) in [6, 6.07) is 4.07. The summed E-state index contributed by atoms with van der Waals surface area (Å²) in [5.41, 5.74) is 5.62. The minimum atomic E-state index is -0.797. The largest absolute Gasteiger partial charge is 0.471 e. The molecule has 1 aromatic carbocycles. The van der Waals surface area contributed by atoms with Gasteiger partial charge in [-0.05, 0) is 30.1 Å². The van der Waals surface area contributed by atoms with Crippen molar-refractivity contribution in [1.82, 2.24) is 9.69 Å². The van der Waals surface area contributed by atoms with Crippen molar-refractivity contribution < 1.29 is 18.7 Å². The van der Waals surface area contributed by atoms with Gasteiger partial charge in [0, 0.05) is 16.6 Å². The Morgan fingerprint density at radius 3 is 2.85 bits per heavy atom. The number of nitrogens with zero attached hydrogens (tertiary/aromatic N) is 1. The molecule has 0 aliphatic heterocycles. The molecule has 0 saturated heterocycles. The van der Waals surface area contributed by atoms with Crippen LogP contribution in [-0.4, -0.2) is 22.9 Å². The third-order valence-electron chi connectivity index (χ3n) is 3.33. The highest BCUT2D eigenvalue weighted by Crippen LogP contribution is 2.31. The van der Waals surface area contributed by atoms with Crippen molar-refractivity contribution in [2.45, 2.75) is 26.4 Å². The van der Waals surface area contributed by atoms with Crippen molar-refractivity contribution >= 4 is 44.4 Å². The lowest BCUT2D eigenvalue weighted by Crippen LogP contribution is -2.30. The van der Waals surface area contributed by atoms with Crippen LogP contribution in [0.2, 0.25) is 0 Å². The molecule has 0 bridgehead atoms. The van der Waals surface area contributed by atoms with Gasteiger partial charge in [0.2, 0.25) is 5.88 Å². The number of rotatable bonds is 8. The molecular weight excluding hydrogens is 427 g/mol.